The van der Waals surface area contributed by atoms with E-state index in [0.29, 0.717) is 30.3 Å². The molecule has 0 bridgehead atoms. The smallest absolute Gasteiger partial charge is 0.338 e. The number of nitrogens with one attached hydrogen (secondary N) is 5. The molecule has 12 N–H and O–H groups in total. The molecule has 39 heteroatoms. The number of nitrogens with zero attached hydrogens (tertiary/aromatic N) is 9. The first-order chi connectivity index (χ1) is 35.8. The van der Waals surface area contributed by atoms with Crippen LogP contribution in [0.4, 0.5) is 57.9 Å². The fourth-order valence-corrected chi connectivity index (χ4v) is 9.38. The number of rotatable bonds is 18. The topological polar surface area (TPSA) is 504 Å². The van der Waals surface area contributed by atoms with E-state index in [4.69, 9.17) is 23.2 Å². The van der Waals surface area contributed by atoms with Gasteiger partial charge in [-0.2, -0.15) is 77.1 Å². The second-order valence-electron chi connectivity index (χ2n) is 14.7. The minimum absolute atomic E-state index is 0.0361. The van der Waals surface area contributed by atoms with Gasteiger partial charge in [0.15, 0.2) is 5.75 Å². The van der Waals surface area contributed by atoms with Crippen LogP contribution in [-0.4, -0.2) is 117 Å². The predicted octanol–water partition coefficient (Wildman–Crippen LogP) is 5.53. The minimum Gasteiger partial charge on any atom is -0.504 e. The molecule has 7 rings (SSSR count). The number of carboxylic acids is 1. The summed E-state index contributed by atoms with van der Waals surface area (Å²) in [6, 6.07) is 16.7. The first kappa shape index (κ1) is 56.5. The molecule has 0 amide bonds. The molecule has 0 aliphatic rings. The molecule has 0 aliphatic carbocycles. The van der Waals surface area contributed by atoms with Gasteiger partial charge in [0.1, 0.15) is 16.3 Å². The summed E-state index contributed by atoms with van der Waals surface area (Å²) >= 11 is 12.2. The number of aromatic nitrogens is 6. The molecule has 32 nitrogen and oxygen atoms in total. The highest BCUT2D eigenvalue weighted by Gasteiger charge is 2.28. The highest BCUT2D eigenvalue weighted by Crippen LogP contribution is 2.39. The predicted molar refractivity (Wildman–Crippen MR) is 267 cm³/mol. The van der Waals surface area contributed by atoms with Gasteiger partial charge in [0, 0.05) is 11.3 Å². The largest absolute Gasteiger partial charge is 0.504 e. The number of phenolic OH excluding ortho intramolecular Hbond substituents is 1. The maximum atomic E-state index is 13.1. The molecule has 5 aromatic carbocycles. The fraction of sp³-hybridized carbons (Fsp3) is 0. The molecule has 0 saturated carbocycles. The van der Waals surface area contributed by atoms with Crippen LogP contribution in [0.25, 0.3) is 0 Å². The Morgan fingerprint density at radius 1 is 0.494 bits per heavy atom. The lowest BCUT2D eigenvalue weighted by atomic mass is 10.2. The number of azo groups is 1. The minimum atomic E-state index is -5.53. The first-order valence-electron chi connectivity index (χ1n) is 19.9. The van der Waals surface area contributed by atoms with Gasteiger partial charge >= 0.3 is 5.97 Å². The zero-order valence-corrected chi connectivity index (χ0v) is 42.8. The molecule has 2 aromatic heterocycles. The van der Waals surface area contributed by atoms with Crippen LogP contribution in [0.15, 0.2) is 137 Å². The average molecular weight is 1200 g/mol. The van der Waals surface area contributed by atoms with Crippen molar-refractivity contribution in [2.75, 3.05) is 26.7 Å². The molecule has 77 heavy (non-hydrogen) atoms. The summed E-state index contributed by atoms with van der Waals surface area (Å²) in [7, 11) is -25.5. The zero-order chi connectivity index (χ0) is 56.4. The van der Waals surface area contributed by atoms with Crippen LogP contribution in [0, 0.1) is 0 Å². The number of phenols is 1. The number of hydrogen-bond donors (Lipinski definition) is 12. The Morgan fingerprint density at radius 2 is 0.961 bits per heavy atom. The number of carboxylic acid groups (broad SMARTS) is 1. The Hall–Kier alpha value is -8.21. The molecule has 0 atom stereocenters. The number of hydrogen-bond acceptors (Lipinski definition) is 25. The van der Waals surface area contributed by atoms with E-state index in [1.165, 1.54) is 36.4 Å². The third kappa shape index (κ3) is 14.4. The maximum Gasteiger partial charge on any atom is 0.338 e. The van der Waals surface area contributed by atoms with E-state index < -0.39 is 161 Å². The summed E-state index contributed by atoms with van der Waals surface area (Å²) in [5, 5.41) is 41.1. The monoisotopic (exact) mass is 1200 g/mol. The highest BCUT2D eigenvalue weighted by molar-refractivity contribution is 7.87. The van der Waals surface area contributed by atoms with Gasteiger partial charge in [-0.15, -0.1) is 10.2 Å². The second kappa shape index (κ2) is 21.8. The Labute approximate surface area is 441 Å². The van der Waals surface area contributed by atoms with Crippen molar-refractivity contribution in [2.45, 2.75) is 24.5 Å². The Balaban J connectivity index is 1.25. The van der Waals surface area contributed by atoms with Crippen molar-refractivity contribution in [3.05, 3.63) is 119 Å². The van der Waals surface area contributed by atoms with Gasteiger partial charge in [-0.1, -0.05) is 36.4 Å². The van der Waals surface area contributed by atoms with Crippen molar-refractivity contribution in [3.8, 4) is 5.75 Å². The molecule has 0 fully saturated rings. The van der Waals surface area contributed by atoms with Gasteiger partial charge < -0.3 is 31.5 Å². The van der Waals surface area contributed by atoms with Crippen molar-refractivity contribution >= 4 is 144 Å². The molecule has 0 spiro atoms. The van der Waals surface area contributed by atoms with Crippen LogP contribution >= 0.6 is 23.2 Å². The number of benzene rings is 5. The van der Waals surface area contributed by atoms with E-state index >= 15 is 0 Å². The summed E-state index contributed by atoms with van der Waals surface area (Å²) in [6.07, 6.45) is 0. The molecule has 0 saturated heterocycles. The summed E-state index contributed by atoms with van der Waals surface area (Å²) in [5.74, 6) is -5.64. The number of aromatic carboxylic acids is 1. The number of hydrazone groups is 1. The van der Waals surface area contributed by atoms with Crippen molar-refractivity contribution in [3.63, 3.8) is 0 Å². The van der Waals surface area contributed by atoms with Crippen LogP contribution in [0.2, 0.25) is 10.6 Å². The molecular formula is C38H28Cl2N14O18S5. The highest BCUT2D eigenvalue weighted by atomic mass is 35.5. The van der Waals surface area contributed by atoms with Crippen molar-refractivity contribution in [1.82, 2.24) is 29.9 Å². The quantitative estimate of drug-likeness (QED) is 0.0125. The Kier molecular flexibility index (Phi) is 16.0. The lowest BCUT2D eigenvalue weighted by Crippen LogP contribution is -2.13. The number of carbonyl (C=O) groups is 1. The first-order valence-corrected chi connectivity index (χ1v) is 27.9. The lowest BCUT2D eigenvalue weighted by molar-refractivity contribution is 0.0697. The summed E-state index contributed by atoms with van der Waals surface area (Å²) < 4.78 is 172. The maximum absolute atomic E-state index is 13.1. The molecular weight excluding hydrogens is 1170 g/mol. The molecule has 0 unspecified atom stereocenters. The third-order valence-electron chi connectivity index (χ3n) is 9.41. The van der Waals surface area contributed by atoms with Crippen molar-refractivity contribution in [1.29, 1.82) is 0 Å². The van der Waals surface area contributed by atoms with E-state index in [1.807, 2.05) is 0 Å². The lowest BCUT2D eigenvalue weighted by Gasteiger charge is -2.17. The molecule has 0 radical (unpaired) electrons. The normalized spacial score (nSPS) is 12.5. The number of amidine groups is 1. The second-order valence-corrected chi connectivity index (χ2v) is 22.4. The van der Waals surface area contributed by atoms with Gasteiger partial charge in [-0.3, -0.25) is 28.2 Å². The van der Waals surface area contributed by atoms with E-state index in [0.717, 1.165) is 24.3 Å². The van der Waals surface area contributed by atoms with E-state index in [2.05, 4.69) is 71.9 Å². The van der Waals surface area contributed by atoms with Crippen LogP contribution in [0.5, 0.6) is 5.75 Å². The number of anilines is 9. The van der Waals surface area contributed by atoms with Gasteiger partial charge in [0.2, 0.25) is 40.2 Å². The van der Waals surface area contributed by atoms with Crippen LogP contribution in [-0.2, 0) is 50.6 Å². The van der Waals surface area contributed by atoms with Crippen molar-refractivity contribution in [2.24, 2.45) is 15.3 Å². The Morgan fingerprint density at radius 3 is 1.45 bits per heavy atom. The zero-order valence-electron chi connectivity index (χ0n) is 37.2. The van der Waals surface area contributed by atoms with Gasteiger partial charge in [0.05, 0.1) is 42.2 Å². The average Bonchev–Trinajstić information content (AvgIpc) is 3.32. The number of halogens is 2. The van der Waals surface area contributed by atoms with Gasteiger partial charge in [-0.25, -0.2) is 4.79 Å². The van der Waals surface area contributed by atoms with Crippen LogP contribution in [0.1, 0.15) is 15.9 Å². The van der Waals surface area contributed by atoms with E-state index in [9.17, 15) is 79.9 Å². The summed E-state index contributed by atoms with van der Waals surface area (Å²) in [6.45, 7) is 0. The molecule has 0 aliphatic heterocycles. The third-order valence-corrected chi connectivity index (χ3v) is 14.1. The van der Waals surface area contributed by atoms with Crippen LogP contribution in [0.3, 0.4) is 0 Å². The standard InChI is InChI=1S/C38H28Cl2N14O18S5/c39-33-45-35(41-18-7-4-8-19(11-18)73(58,59)60)49-37(47-33)43-27-15-22(76(67,68)69)16-28(30(27)77(70,71)72)44-38-48-34(40)46-36(50-38)42-25-13-21(75(64,65)66)14-26(29(25)55)52-54-31(17-5-2-1-3-6-17)53-51-24-10-9-20(74(61,62)63)12-23(24)32(56)57/h1-16,52,55H,(H,56,57)(H,58,59,60)(H,61,62,63)(H,64,65,66)(H,67,68,69)(H,70,71,72)(H2,41,43,45,47,49)(H2,42,44,46,48,50)/b53-51?,54-31+. The number of aromatic hydroxyl groups is 1. The SMILES string of the molecule is O=C(O)c1cc(S(=O)(=O)O)ccc1N=N/C(=N/Nc1cc(S(=O)(=O)O)cc(Nc2nc(Cl)nc(Nc3cc(S(=O)(=O)O)cc(Nc4nc(Cl)nc(Nc5cccc(S(=O)(=O)O)c5)n4)c3S(=O)(=O)O)n2)c1O)c1ccccc1. The van der Waals surface area contributed by atoms with Crippen molar-refractivity contribution < 1.29 is 79.9 Å². The fourth-order valence-electron chi connectivity index (χ4n) is 6.18. The molecule has 402 valence electrons. The van der Waals surface area contributed by atoms with Gasteiger partial charge in [-0.05, 0) is 83.9 Å². The van der Waals surface area contributed by atoms with E-state index in [-0.39, 0.29) is 11.3 Å². The Bertz CT molecular complexity index is 4210. The molecule has 2 heterocycles. The molecule has 7 aromatic rings. The van der Waals surface area contributed by atoms with Gasteiger partial charge in [0.25, 0.3) is 50.6 Å². The van der Waals surface area contributed by atoms with E-state index in [1.54, 1.807) is 6.07 Å². The van der Waals surface area contributed by atoms with Crippen LogP contribution < -0.4 is 26.7 Å². The summed E-state index contributed by atoms with van der Waals surface area (Å²) in [5.41, 5.74) is -1.80. The summed E-state index contributed by atoms with van der Waals surface area (Å²) in [4.78, 5) is 30.5.